The zero-order chi connectivity index (χ0) is 18.2. The molecule has 0 bridgehead atoms. The molecule has 1 aromatic heterocycles. The normalized spacial score (nSPS) is 11.4. The fourth-order valence-electron chi connectivity index (χ4n) is 1.94. The van der Waals surface area contributed by atoms with Gasteiger partial charge in [0.05, 0.1) is 6.04 Å². The van der Waals surface area contributed by atoms with Crippen LogP contribution >= 0.6 is 22.9 Å². The number of thiophene rings is 1. The quantitative estimate of drug-likeness (QED) is 0.723. The van der Waals surface area contributed by atoms with E-state index in [1.165, 1.54) is 11.3 Å². The van der Waals surface area contributed by atoms with Crippen molar-refractivity contribution in [1.82, 2.24) is 10.6 Å². The summed E-state index contributed by atoms with van der Waals surface area (Å²) in [5, 5.41) is 7.58. The van der Waals surface area contributed by atoms with Gasteiger partial charge in [0.1, 0.15) is 6.54 Å². The Morgan fingerprint density at radius 3 is 2.56 bits per heavy atom. The molecule has 132 valence electrons. The molecule has 0 aliphatic rings. The number of ether oxygens (including phenoxy) is 1. The largest absolute Gasteiger partial charge is 0.454 e. The first kappa shape index (κ1) is 19.0. The standard InChI is InChI=1S/C17H17ClN2O4S/c1-11(14-3-2-8-25-14)20-15(21)10-24-16(22)9-19-17(23)12-4-6-13(18)7-5-12/h2-8,11H,9-10H2,1H3,(H,19,23)(H,20,21)/t11-/m0/s1. The molecule has 8 heteroatoms. The molecule has 0 saturated heterocycles. The van der Waals surface area contributed by atoms with Crippen molar-refractivity contribution in [3.05, 3.63) is 57.2 Å². The van der Waals surface area contributed by atoms with Crippen LogP contribution in [0.4, 0.5) is 0 Å². The lowest BCUT2D eigenvalue weighted by Gasteiger charge is -2.12. The molecule has 1 heterocycles. The smallest absolute Gasteiger partial charge is 0.325 e. The van der Waals surface area contributed by atoms with Crippen LogP contribution in [0.3, 0.4) is 0 Å². The van der Waals surface area contributed by atoms with E-state index in [2.05, 4.69) is 10.6 Å². The Labute approximate surface area is 154 Å². The lowest BCUT2D eigenvalue weighted by Crippen LogP contribution is -2.34. The molecule has 2 amide bonds. The molecule has 0 radical (unpaired) electrons. The highest BCUT2D eigenvalue weighted by Gasteiger charge is 2.13. The molecule has 25 heavy (non-hydrogen) atoms. The van der Waals surface area contributed by atoms with Gasteiger partial charge in [0.15, 0.2) is 6.61 Å². The Bertz CT molecular complexity index is 732. The van der Waals surface area contributed by atoms with Gasteiger partial charge in [0.25, 0.3) is 11.8 Å². The van der Waals surface area contributed by atoms with E-state index in [4.69, 9.17) is 16.3 Å². The maximum absolute atomic E-state index is 11.8. The fraction of sp³-hybridized carbons (Fsp3) is 0.235. The Morgan fingerprint density at radius 1 is 1.20 bits per heavy atom. The van der Waals surface area contributed by atoms with Gasteiger partial charge in [-0.05, 0) is 42.6 Å². The van der Waals surface area contributed by atoms with Gasteiger partial charge < -0.3 is 15.4 Å². The van der Waals surface area contributed by atoms with Crippen molar-refractivity contribution in [3.8, 4) is 0 Å². The molecule has 1 atom stereocenters. The zero-order valence-corrected chi connectivity index (χ0v) is 15.0. The summed E-state index contributed by atoms with van der Waals surface area (Å²) in [6, 6.07) is 9.89. The average Bonchev–Trinajstić information content (AvgIpc) is 3.13. The number of amides is 2. The van der Waals surface area contributed by atoms with Crippen molar-refractivity contribution in [1.29, 1.82) is 0 Å². The number of esters is 1. The lowest BCUT2D eigenvalue weighted by atomic mass is 10.2. The van der Waals surface area contributed by atoms with Gasteiger partial charge >= 0.3 is 5.97 Å². The highest BCUT2D eigenvalue weighted by molar-refractivity contribution is 7.10. The van der Waals surface area contributed by atoms with Crippen molar-refractivity contribution in [3.63, 3.8) is 0 Å². The molecule has 0 spiro atoms. The molecule has 2 rings (SSSR count). The first-order chi connectivity index (χ1) is 12.0. The van der Waals surface area contributed by atoms with Crippen LogP contribution in [0.15, 0.2) is 41.8 Å². The van der Waals surface area contributed by atoms with Gasteiger partial charge in [-0.3, -0.25) is 14.4 Å². The minimum Gasteiger partial charge on any atom is -0.454 e. The molecule has 0 aliphatic heterocycles. The van der Waals surface area contributed by atoms with Crippen molar-refractivity contribution >= 4 is 40.7 Å². The van der Waals surface area contributed by atoms with E-state index in [1.54, 1.807) is 24.3 Å². The Hall–Kier alpha value is -2.38. The molecule has 1 aromatic carbocycles. The first-order valence-electron chi connectivity index (χ1n) is 7.48. The molecule has 2 N–H and O–H groups in total. The Morgan fingerprint density at radius 2 is 1.92 bits per heavy atom. The monoisotopic (exact) mass is 380 g/mol. The average molecular weight is 381 g/mol. The van der Waals surface area contributed by atoms with Gasteiger partial charge in [-0.15, -0.1) is 11.3 Å². The van der Waals surface area contributed by atoms with Crippen molar-refractivity contribution < 1.29 is 19.1 Å². The van der Waals surface area contributed by atoms with Crippen molar-refractivity contribution in [2.75, 3.05) is 13.2 Å². The second kappa shape index (κ2) is 9.19. The highest BCUT2D eigenvalue weighted by atomic mass is 35.5. The zero-order valence-electron chi connectivity index (χ0n) is 13.5. The van der Waals surface area contributed by atoms with Crippen LogP contribution in [-0.2, 0) is 14.3 Å². The molecule has 0 aliphatic carbocycles. The number of halogens is 1. The summed E-state index contributed by atoms with van der Waals surface area (Å²) < 4.78 is 4.84. The van der Waals surface area contributed by atoms with Crippen molar-refractivity contribution in [2.24, 2.45) is 0 Å². The predicted molar refractivity (Wildman–Crippen MR) is 95.6 cm³/mol. The van der Waals surface area contributed by atoms with E-state index in [9.17, 15) is 14.4 Å². The summed E-state index contributed by atoms with van der Waals surface area (Å²) in [7, 11) is 0. The second-order valence-electron chi connectivity index (χ2n) is 5.15. The van der Waals surface area contributed by atoms with E-state index >= 15 is 0 Å². The Kier molecular flexibility index (Phi) is 6.97. The van der Waals surface area contributed by atoms with Crippen LogP contribution in [0.2, 0.25) is 5.02 Å². The minimum absolute atomic E-state index is 0.157. The molecule has 6 nitrogen and oxygen atoms in total. The molecular weight excluding hydrogens is 364 g/mol. The molecule has 0 fully saturated rings. The number of carbonyl (C=O) groups is 3. The van der Waals surface area contributed by atoms with Gasteiger partial charge in [0.2, 0.25) is 0 Å². The maximum atomic E-state index is 11.8. The fourth-order valence-corrected chi connectivity index (χ4v) is 2.81. The van der Waals surface area contributed by atoms with E-state index < -0.39 is 24.4 Å². The first-order valence-corrected chi connectivity index (χ1v) is 8.73. The van der Waals surface area contributed by atoms with Crippen LogP contribution in [0.1, 0.15) is 28.2 Å². The molecule has 0 saturated carbocycles. The number of hydrogen-bond acceptors (Lipinski definition) is 5. The lowest BCUT2D eigenvalue weighted by molar-refractivity contribution is -0.147. The van der Waals surface area contributed by atoms with E-state index in [1.807, 2.05) is 24.4 Å². The number of rotatable bonds is 7. The van der Waals surface area contributed by atoms with Crippen LogP contribution in [-0.4, -0.2) is 30.9 Å². The highest BCUT2D eigenvalue weighted by Crippen LogP contribution is 2.17. The Balaban J connectivity index is 1.68. The number of benzene rings is 1. The summed E-state index contributed by atoms with van der Waals surface area (Å²) in [6.45, 7) is 1.12. The SMILES string of the molecule is C[C@H](NC(=O)COC(=O)CNC(=O)c1ccc(Cl)cc1)c1cccs1. The number of hydrogen-bond donors (Lipinski definition) is 2. The molecular formula is C17H17ClN2O4S. The summed E-state index contributed by atoms with van der Waals surface area (Å²) in [5.41, 5.74) is 0.375. The topological polar surface area (TPSA) is 84.5 Å². The molecule has 2 aromatic rings. The van der Waals surface area contributed by atoms with Crippen LogP contribution in [0.5, 0.6) is 0 Å². The van der Waals surface area contributed by atoms with Crippen molar-refractivity contribution in [2.45, 2.75) is 13.0 Å². The van der Waals surface area contributed by atoms with Crippen LogP contribution in [0, 0.1) is 0 Å². The summed E-state index contributed by atoms with van der Waals surface area (Å²) in [6.07, 6.45) is 0. The summed E-state index contributed by atoms with van der Waals surface area (Å²) in [4.78, 5) is 36.2. The second-order valence-corrected chi connectivity index (χ2v) is 6.57. The summed E-state index contributed by atoms with van der Waals surface area (Å²) >= 11 is 7.27. The van der Waals surface area contributed by atoms with E-state index in [0.29, 0.717) is 10.6 Å². The van der Waals surface area contributed by atoms with E-state index in [-0.39, 0.29) is 12.6 Å². The van der Waals surface area contributed by atoms with Crippen LogP contribution in [0.25, 0.3) is 0 Å². The third kappa shape index (κ3) is 6.21. The number of carbonyl (C=O) groups excluding carboxylic acids is 3. The molecule has 0 unspecified atom stereocenters. The van der Waals surface area contributed by atoms with Gasteiger partial charge in [-0.1, -0.05) is 17.7 Å². The third-order valence-electron chi connectivity index (χ3n) is 3.21. The number of nitrogens with one attached hydrogen (secondary N) is 2. The minimum atomic E-state index is -0.693. The van der Waals surface area contributed by atoms with E-state index in [0.717, 1.165) is 4.88 Å². The maximum Gasteiger partial charge on any atom is 0.325 e. The van der Waals surface area contributed by atoms with Gasteiger partial charge in [-0.2, -0.15) is 0 Å². The third-order valence-corrected chi connectivity index (χ3v) is 4.52. The summed E-state index contributed by atoms with van der Waals surface area (Å²) in [5.74, 6) is -1.52. The van der Waals surface area contributed by atoms with Crippen LogP contribution < -0.4 is 10.6 Å². The van der Waals surface area contributed by atoms with Gasteiger partial charge in [-0.25, -0.2) is 0 Å². The predicted octanol–water partition coefficient (Wildman–Crippen LogP) is 2.55. The van der Waals surface area contributed by atoms with Gasteiger partial charge in [0, 0.05) is 15.5 Å².